The molecule has 6 heteroatoms. The molecule has 2 heterocycles. The molecule has 0 spiro atoms. The van der Waals surface area contributed by atoms with Gasteiger partial charge in [-0.2, -0.15) is 0 Å². The van der Waals surface area contributed by atoms with Crippen molar-refractivity contribution >= 4 is 0 Å². The van der Waals surface area contributed by atoms with E-state index >= 15 is 0 Å². The molecule has 1 saturated heterocycles. The predicted octanol–water partition coefficient (Wildman–Crippen LogP) is 3.27. The van der Waals surface area contributed by atoms with Crippen LogP contribution in [-0.2, 0) is 16.7 Å². The highest BCUT2D eigenvalue weighted by molar-refractivity contribution is 5.46. The molecule has 2 aromatic carbocycles. The summed E-state index contributed by atoms with van der Waals surface area (Å²) in [7, 11) is 3.34. The van der Waals surface area contributed by atoms with Crippen LogP contribution in [0.1, 0.15) is 24.0 Å². The predicted molar refractivity (Wildman–Crippen MR) is 106 cm³/mol. The van der Waals surface area contributed by atoms with Crippen LogP contribution in [0.25, 0.3) is 0 Å². The van der Waals surface area contributed by atoms with E-state index in [1.54, 1.807) is 14.2 Å². The average molecular weight is 385 g/mol. The van der Waals surface area contributed by atoms with Gasteiger partial charge in [0.15, 0.2) is 23.0 Å². The molecule has 0 amide bonds. The lowest BCUT2D eigenvalue weighted by atomic mass is 9.74. The molecular formula is C22H27NO5. The lowest BCUT2D eigenvalue weighted by Gasteiger charge is -2.38. The summed E-state index contributed by atoms with van der Waals surface area (Å²) in [6, 6.07) is 12.3. The fraction of sp³-hybridized carbons (Fsp3) is 0.455. The Morgan fingerprint density at radius 3 is 2.50 bits per heavy atom. The van der Waals surface area contributed by atoms with Gasteiger partial charge in [-0.25, -0.2) is 0 Å². The second kappa shape index (κ2) is 8.29. The van der Waals surface area contributed by atoms with Gasteiger partial charge in [0.25, 0.3) is 0 Å². The molecule has 2 aliphatic rings. The van der Waals surface area contributed by atoms with Crippen LogP contribution in [0.5, 0.6) is 23.0 Å². The lowest BCUT2D eigenvalue weighted by molar-refractivity contribution is 0.0497. The van der Waals surface area contributed by atoms with Crippen molar-refractivity contribution in [3.05, 3.63) is 47.5 Å². The molecule has 2 aliphatic heterocycles. The van der Waals surface area contributed by atoms with E-state index in [2.05, 4.69) is 23.5 Å². The Morgan fingerprint density at radius 1 is 0.929 bits per heavy atom. The fourth-order valence-electron chi connectivity index (χ4n) is 3.99. The Balaban J connectivity index is 1.50. The highest BCUT2D eigenvalue weighted by atomic mass is 16.7. The highest BCUT2D eigenvalue weighted by Crippen LogP contribution is 2.39. The summed E-state index contributed by atoms with van der Waals surface area (Å²) in [6.07, 6.45) is 1.94. The van der Waals surface area contributed by atoms with Gasteiger partial charge in [0.05, 0.1) is 14.2 Å². The number of ether oxygens (including phenoxy) is 5. The molecule has 2 aromatic rings. The van der Waals surface area contributed by atoms with Crippen molar-refractivity contribution in [2.75, 3.05) is 40.8 Å². The van der Waals surface area contributed by atoms with E-state index in [9.17, 15) is 0 Å². The van der Waals surface area contributed by atoms with Crippen molar-refractivity contribution in [2.45, 2.75) is 24.8 Å². The van der Waals surface area contributed by atoms with Gasteiger partial charge in [-0.1, -0.05) is 12.1 Å². The summed E-state index contributed by atoms with van der Waals surface area (Å²) in [5, 5.41) is 3.64. The Bertz CT molecular complexity index is 817. The van der Waals surface area contributed by atoms with Gasteiger partial charge >= 0.3 is 0 Å². The second-order valence-corrected chi connectivity index (χ2v) is 7.25. The quantitative estimate of drug-likeness (QED) is 0.789. The van der Waals surface area contributed by atoms with E-state index in [-0.39, 0.29) is 5.41 Å². The normalized spacial score (nSPS) is 17.4. The minimum absolute atomic E-state index is 0.00808. The minimum atomic E-state index is 0.00808. The maximum Gasteiger partial charge on any atom is 0.231 e. The van der Waals surface area contributed by atoms with Crippen LogP contribution in [0.15, 0.2) is 36.4 Å². The smallest absolute Gasteiger partial charge is 0.231 e. The molecule has 0 aromatic heterocycles. The third-order valence-corrected chi connectivity index (χ3v) is 5.68. The first-order chi connectivity index (χ1) is 13.7. The summed E-state index contributed by atoms with van der Waals surface area (Å²) in [5.41, 5.74) is 2.44. The number of hydrogen-bond acceptors (Lipinski definition) is 6. The van der Waals surface area contributed by atoms with Crippen molar-refractivity contribution in [3.8, 4) is 23.0 Å². The van der Waals surface area contributed by atoms with Crippen molar-refractivity contribution in [2.24, 2.45) is 0 Å². The number of benzene rings is 2. The zero-order chi connectivity index (χ0) is 19.4. The van der Waals surface area contributed by atoms with E-state index in [1.807, 2.05) is 18.2 Å². The Kier molecular flexibility index (Phi) is 5.59. The van der Waals surface area contributed by atoms with E-state index in [0.29, 0.717) is 6.79 Å². The topological polar surface area (TPSA) is 58.2 Å². The number of rotatable bonds is 7. The Morgan fingerprint density at radius 2 is 1.71 bits per heavy atom. The third kappa shape index (κ3) is 3.75. The molecule has 4 rings (SSSR count). The maximum absolute atomic E-state index is 5.65. The number of methoxy groups -OCH3 is 2. The molecule has 0 atom stereocenters. The van der Waals surface area contributed by atoms with Crippen LogP contribution in [0.2, 0.25) is 0 Å². The highest BCUT2D eigenvalue weighted by Gasteiger charge is 2.35. The molecule has 1 fully saturated rings. The molecule has 1 N–H and O–H groups in total. The SMILES string of the molecule is COc1ccc(C2(CNCc3ccc4c(c3)OCO4)CCOCC2)cc1OC. The van der Waals surface area contributed by atoms with Gasteiger partial charge in [-0.05, 0) is 48.2 Å². The first-order valence-corrected chi connectivity index (χ1v) is 9.64. The molecule has 0 saturated carbocycles. The summed E-state index contributed by atoms with van der Waals surface area (Å²) in [5.74, 6) is 3.15. The third-order valence-electron chi connectivity index (χ3n) is 5.68. The largest absolute Gasteiger partial charge is 0.493 e. The van der Waals surface area contributed by atoms with Gasteiger partial charge in [-0.3, -0.25) is 0 Å². The fourth-order valence-corrected chi connectivity index (χ4v) is 3.99. The zero-order valence-electron chi connectivity index (χ0n) is 16.5. The summed E-state index contributed by atoms with van der Waals surface area (Å²) >= 11 is 0. The first-order valence-electron chi connectivity index (χ1n) is 9.64. The van der Waals surface area contributed by atoms with E-state index in [0.717, 1.165) is 62.1 Å². The summed E-state index contributed by atoms with van der Waals surface area (Å²) < 4.78 is 27.4. The summed E-state index contributed by atoms with van der Waals surface area (Å²) in [4.78, 5) is 0. The number of nitrogens with one attached hydrogen (secondary N) is 1. The van der Waals surface area contributed by atoms with E-state index in [1.165, 1.54) is 11.1 Å². The molecule has 0 radical (unpaired) electrons. The lowest BCUT2D eigenvalue weighted by Crippen LogP contribution is -2.42. The molecule has 0 unspecified atom stereocenters. The molecule has 28 heavy (non-hydrogen) atoms. The zero-order valence-corrected chi connectivity index (χ0v) is 16.5. The maximum atomic E-state index is 5.65. The monoisotopic (exact) mass is 385 g/mol. The summed E-state index contributed by atoms with van der Waals surface area (Å²) in [6.45, 7) is 3.46. The molecule has 0 bridgehead atoms. The van der Waals surface area contributed by atoms with E-state index in [4.69, 9.17) is 23.7 Å². The van der Waals surface area contributed by atoms with Crippen LogP contribution in [0.3, 0.4) is 0 Å². The first kappa shape index (κ1) is 18.9. The van der Waals surface area contributed by atoms with Crippen molar-refractivity contribution < 1.29 is 23.7 Å². The van der Waals surface area contributed by atoms with Crippen LogP contribution in [0, 0.1) is 0 Å². The van der Waals surface area contributed by atoms with Gasteiger partial charge < -0.3 is 29.0 Å². The molecule has 150 valence electrons. The molecule has 6 nitrogen and oxygen atoms in total. The second-order valence-electron chi connectivity index (χ2n) is 7.25. The van der Waals surface area contributed by atoms with Crippen LogP contribution in [0.4, 0.5) is 0 Å². The Labute approximate surface area is 165 Å². The number of hydrogen-bond donors (Lipinski definition) is 1. The van der Waals surface area contributed by atoms with Gasteiger partial charge in [-0.15, -0.1) is 0 Å². The van der Waals surface area contributed by atoms with Gasteiger partial charge in [0.1, 0.15) is 0 Å². The van der Waals surface area contributed by atoms with Crippen molar-refractivity contribution in [1.82, 2.24) is 5.32 Å². The molecular weight excluding hydrogens is 358 g/mol. The van der Waals surface area contributed by atoms with E-state index < -0.39 is 0 Å². The van der Waals surface area contributed by atoms with Crippen molar-refractivity contribution in [3.63, 3.8) is 0 Å². The van der Waals surface area contributed by atoms with Crippen LogP contribution < -0.4 is 24.3 Å². The number of fused-ring (bicyclic) bond motifs is 1. The molecule has 0 aliphatic carbocycles. The van der Waals surface area contributed by atoms with Gasteiger partial charge in [0, 0.05) is 31.7 Å². The van der Waals surface area contributed by atoms with Crippen LogP contribution >= 0.6 is 0 Å². The van der Waals surface area contributed by atoms with Crippen LogP contribution in [-0.4, -0.2) is 40.8 Å². The minimum Gasteiger partial charge on any atom is -0.493 e. The Hall–Kier alpha value is -2.44. The standard InChI is InChI=1S/C22H27NO5/c1-24-18-6-4-17(12-20(18)25-2)22(7-9-26-10-8-22)14-23-13-16-3-5-19-21(11-16)28-15-27-19/h3-6,11-12,23H,7-10,13-15H2,1-2H3. The average Bonchev–Trinajstić information content (AvgIpc) is 3.22. The van der Waals surface area contributed by atoms with Gasteiger partial charge in [0.2, 0.25) is 6.79 Å². The van der Waals surface area contributed by atoms with Crippen molar-refractivity contribution in [1.29, 1.82) is 0 Å².